The number of ether oxygens (including phenoxy) is 1. The number of carbonyl (C=O) groups excluding carboxylic acids is 1. The third-order valence-electron chi connectivity index (χ3n) is 4.75. The van der Waals surface area contributed by atoms with Gasteiger partial charge in [0.15, 0.2) is 0 Å². The highest BCUT2D eigenvalue weighted by Gasteiger charge is 2.03. The van der Waals surface area contributed by atoms with E-state index in [1.807, 2.05) is 12.1 Å². The van der Waals surface area contributed by atoms with E-state index in [1.54, 1.807) is 0 Å². The van der Waals surface area contributed by atoms with Crippen molar-refractivity contribution >= 4 is 17.2 Å². The Morgan fingerprint density at radius 2 is 2.11 bits per heavy atom. The number of nitrogens with zero attached hydrogens (tertiary/aromatic N) is 1. The van der Waals surface area contributed by atoms with E-state index in [2.05, 4.69) is 49.4 Å². The molecular formula is C24H27NO2. The van der Waals surface area contributed by atoms with E-state index >= 15 is 0 Å². The van der Waals surface area contributed by atoms with Gasteiger partial charge in [-0.05, 0) is 68.9 Å². The Hall–Kier alpha value is -2.68. The monoisotopic (exact) mass is 361 g/mol. The average molecular weight is 361 g/mol. The van der Waals surface area contributed by atoms with Crippen molar-refractivity contribution in [1.82, 2.24) is 4.98 Å². The molecule has 3 rings (SSSR count). The van der Waals surface area contributed by atoms with E-state index in [-0.39, 0.29) is 0 Å². The summed E-state index contributed by atoms with van der Waals surface area (Å²) in [5, 5.41) is 1.10. The molecule has 0 radical (unpaired) electrons. The van der Waals surface area contributed by atoms with Crippen LogP contribution >= 0.6 is 0 Å². The van der Waals surface area contributed by atoms with Crippen LogP contribution < -0.4 is 4.74 Å². The lowest BCUT2D eigenvalue weighted by Gasteiger charge is -2.10. The molecule has 0 amide bonds. The minimum absolute atomic E-state index is 0.606. The zero-order valence-corrected chi connectivity index (χ0v) is 16.0. The molecule has 0 saturated carbocycles. The number of aromatic nitrogens is 1. The molecular weight excluding hydrogens is 334 g/mol. The first-order valence-corrected chi connectivity index (χ1v) is 9.72. The Bertz CT molecular complexity index is 877. The number of hydrogen-bond donors (Lipinski definition) is 0. The van der Waals surface area contributed by atoms with Gasteiger partial charge < -0.3 is 9.53 Å². The number of aryl methyl sites for hydroxylation is 1. The SMILES string of the molecule is C/C(=C\CCc1ccc2cc(OCC3=CCCC=C3)ccc2n1)CCC=O. The number of hydrogen-bond acceptors (Lipinski definition) is 3. The van der Waals surface area contributed by atoms with Gasteiger partial charge >= 0.3 is 0 Å². The lowest BCUT2D eigenvalue weighted by atomic mass is 10.1. The largest absolute Gasteiger partial charge is 0.489 e. The van der Waals surface area contributed by atoms with Crippen LogP contribution in [0.5, 0.6) is 5.75 Å². The second-order valence-corrected chi connectivity index (χ2v) is 7.00. The Morgan fingerprint density at radius 1 is 1.19 bits per heavy atom. The van der Waals surface area contributed by atoms with Gasteiger partial charge in [0.2, 0.25) is 0 Å². The minimum atomic E-state index is 0.606. The molecule has 1 aliphatic rings. The van der Waals surface area contributed by atoms with E-state index in [4.69, 9.17) is 9.72 Å². The van der Waals surface area contributed by atoms with Gasteiger partial charge in [-0.25, -0.2) is 0 Å². The second kappa shape index (κ2) is 9.86. The topological polar surface area (TPSA) is 39.2 Å². The van der Waals surface area contributed by atoms with Gasteiger partial charge in [0, 0.05) is 17.5 Å². The normalized spacial score (nSPS) is 14.3. The molecule has 1 aliphatic carbocycles. The van der Waals surface area contributed by atoms with Crippen molar-refractivity contribution in [3.05, 3.63) is 71.5 Å². The highest BCUT2D eigenvalue weighted by molar-refractivity contribution is 5.80. The van der Waals surface area contributed by atoms with Crippen molar-refractivity contribution in [2.24, 2.45) is 0 Å². The van der Waals surface area contributed by atoms with E-state index in [0.29, 0.717) is 13.0 Å². The van der Waals surface area contributed by atoms with Gasteiger partial charge in [-0.2, -0.15) is 0 Å². The molecule has 1 aromatic heterocycles. The first-order valence-electron chi connectivity index (χ1n) is 9.72. The number of pyridine rings is 1. The number of carbonyl (C=O) groups is 1. The molecule has 3 nitrogen and oxygen atoms in total. The van der Waals surface area contributed by atoms with E-state index in [0.717, 1.165) is 60.7 Å². The van der Waals surface area contributed by atoms with Gasteiger partial charge in [0.1, 0.15) is 18.6 Å². The number of rotatable bonds is 9. The molecule has 0 fully saturated rings. The zero-order valence-electron chi connectivity index (χ0n) is 16.0. The van der Waals surface area contributed by atoms with Crippen molar-refractivity contribution in [2.75, 3.05) is 6.61 Å². The molecule has 0 aliphatic heterocycles. The van der Waals surface area contributed by atoms with Gasteiger partial charge in [0.05, 0.1) is 5.52 Å². The van der Waals surface area contributed by atoms with Gasteiger partial charge in [0.25, 0.3) is 0 Å². The van der Waals surface area contributed by atoms with Crippen molar-refractivity contribution in [3.63, 3.8) is 0 Å². The smallest absolute Gasteiger partial charge is 0.120 e. The maximum Gasteiger partial charge on any atom is 0.120 e. The first-order chi connectivity index (χ1) is 13.2. The molecule has 27 heavy (non-hydrogen) atoms. The summed E-state index contributed by atoms with van der Waals surface area (Å²) in [4.78, 5) is 15.2. The molecule has 3 heteroatoms. The predicted octanol–water partition coefficient (Wildman–Crippen LogP) is 5.75. The van der Waals surface area contributed by atoms with Crippen LogP contribution in [0.3, 0.4) is 0 Å². The summed E-state index contributed by atoms with van der Waals surface area (Å²) >= 11 is 0. The Morgan fingerprint density at radius 3 is 2.93 bits per heavy atom. The summed E-state index contributed by atoms with van der Waals surface area (Å²) in [7, 11) is 0. The molecule has 0 N–H and O–H groups in total. The van der Waals surface area contributed by atoms with E-state index in [1.165, 1.54) is 11.1 Å². The van der Waals surface area contributed by atoms with Gasteiger partial charge in [-0.15, -0.1) is 0 Å². The Balaban J connectivity index is 1.58. The molecule has 0 atom stereocenters. The van der Waals surface area contributed by atoms with E-state index in [9.17, 15) is 4.79 Å². The highest BCUT2D eigenvalue weighted by atomic mass is 16.5. The van der Waals surface area contributed by atoms with Crippen LogP contribution in [0, 0.1) is 0 Å². The van der Waals surface area contributed by atoms with Crippen molar-refractivity contribution < 1.29 is 9.53 Å². The van der Waals surface area contributed by atoms with Crippen LogP contribution in [-0.2, 0) is 11.2 Å². The second-order valence-electron chi connectivity index (χ2n) is 7.00. The van der Waals surface area contributed by atoms with Crippen LogP contribution in [0.25, 0.3) is 10.9 Å². The number of allylic oxidation sites excluding steroid dienone is 4. The standard InChI is InChI=1S/C24H27NO2/c1-19(8-6-16-26)7-5-11-22-13-12-21-17-23(14-15-24(21)25-22)27-18-20-9-3-2-4-10-20/h3,7,9-10,12-17H,2,4-6,8,11,18H2,1H3/b19-7+. The molecule has 0 bridgehead atoms. The lowest BCUT2D eigenvalue weighted by molar-refractivity contribution is -0.107. The predicted molar refractivity (Wildman–Crippen MR) is 111 cm³/mol. The molecule has 1 heterocycles. The zero-order chi connectivity index (χ0) is 18.9. The fourth-order valence-electron chi connectivity index (χ4n) is 3.17. The van der Waals surface area contributed by atoms with Crippen LogP contribution in [0.15, 0.2) is 65.8 Å². The number of fused-ring (bicyclic) bond motifs is 1. The summed E-state index contributed by atoms with van der Waals surface area (Å²) in [6.07, 6.45) is 15.3. The Labute approximate surface area is 161 Å². The maximum absolute atomic E-state index is 10.4. The molecule has 1 aromatic carbocycles. The quantitative estimate of drug-likeness (QED) is 0.422. The van der Waals surface area contributed by atoms with E-state index < -0.39 is 0 Å². The van der Waals surface area contributed by atoms with Gasteiger partial charge in [-0.1, -0.05) is 35.9 Å². The molecule has 140 valence electrons. The summed E-state index contributed by atoms with van der Waals surface area (Å²) in [5.74, 6) is 0.880. The summed E-state index contributed by atoms with van der Waals surface area (Å²) in [6, 6.07) is 10.3. The third kappa shape index (κ3) is 5.92. The van der Waals surface area contributed by atoms with Crippen molar-refractivity contribution in [1.29, 1.82) is 0 Å². The van der Waals surface area contributed by atoms with Gasteiger partial charge in [-0.3, -0.25) is 4.98 Å². The first kappa shape index (κ1) is 19.1. The molecule has 0 spiro atoms. The van der Waals surface area contributed by atoms with Crippen LogP contribution in [0.4, 0.5) is 0 Å². The average Bonchev–Trinajstić information content (AvgIpc) is 2.71. The summed E-state index contributed by atoms with van der Waals surface area (Å²) in [6.45, 7) is 2.70. The Kier molecular flexibility index (Phi) is 6.97. The number of aldehydes is 1. The maximum atomic E-state index is 10.4. The minimum Gasteiger partial charge on any atom is -0.489 e. The molecule has 0 saturated heterocycles. The third-order valence-corrected chi connectivity index (χ3v) is 4.75. The fourth-order valence-corrected chi connectivity index (χ4v) is 3.17. The molecule has 0 unspecified atom stereocenters. The van der Waals surface area contributed by atoms with Crippen LogP contribution in [0.1, 0.15) is 44.7 Å². The number of benzene rings is 1. The molecule has 2 aromatic rings. The van der Waals surface area contributed by atoms with Crippen LogP contribution in [0.2, 0.25) is 0 Å². The van der Waals surface area contributed by atoms with Crippen molar-refractivity contribution in [2.45, 2.75) is 45.4 Å². The highest BCUT2D eigenvalue weighted by Crippen LogP contribution is 2.21. The fraction of sp³-hybridized carbons (Fsp3) is 0.333. The van der Waals surface area contributed by atoms with Crippen molar-refractivity contribution in [3.8, 4) is 5.75 Å². The van der Waals surface area contributed by atoms with Crippen LogP contribution in [-0.4, -0.2) is 17.9 Å². The summed E-state index contributed by atoms with van der Waals surface area (Å²) in [5.41, 5.74) is 4.60. The summed E-state index contributed by atoms with van der Waals surface area (Å²) < 4.78 is 5.93. The lowest BCUT2D eigenvalue weighted by Crippen LogP contribution is -2.01.